The maximum absolute atomic E-state index is 13.1. The number of hydrogen-bond acceptors (Lipinski definition) is 3. The number of nitrogens with one attached hydrogen (secondary N) is 3. The van der Waals surface area contributed by atoms with Gasteiger partial charge in [-0.25, -0.2) is 4.68 Å². The summed E-state index contributed by atoms with van der Waals surface area (Å²) in [4.78, 5) is 38.3. The largest absolute Gasteiger partial charge is 0.328 e. The molecule has 3 aromatic carbocycles. The van der Waals surface area contributed by atoms with Gasteiger partial charge in [0.2, 0.25) is 0 Å². The minimum absolute atomic E-state index is 0.0970. The molecule has 0 aliphatic carbocycles. The van der Waals surface area contributed by atoms with Crippen molar-refractivity contribution in [1.82, 2.24) is 4.68 Å². The summed E-state index contributed by atoms with van der Waals surface area (Å²) in [7, 11) is 0. The molecule has 34 heavy (non-hydrogen) atoms. The van der Waals surface area contributed by atoms with Crippen molar-refractivity contribution >= 4 is 74.8 Å². The van der Waals surface area contributed by atoms with Gasteiger partial charge in [-0.1, -0.05) is 58.6 Å². The maximum Gasteiger partial charge on any atom is 0.328 e. The first-order chi connectivity index (χ1) is 16.2. The second kappa shape index (κ2) is 9.77. The van der Waals surface area contributed by atoms with Crippen LogP contribution < -0.4 is 16.1 Å². The van der Waals surface area contributed by atoms with Crippen LogP contribution in [0.4, 0.5) is 11.4 Å². The van der Waals surface area contributed by atoms with Crippen molar-refractivity contribution in [1.29, 1.82) is 0 Å². The summed E-state index contributed by atoms with van der Waals surface area (Å²) >= 11 is 18.1. The van der Waals surface area contributed by atoms with Crippen LogP contribution in [0.1, 0.15) is 16.1 Å². The average molecular weight is 516 g/mol. The van der Waals surface area contributed by atoms with Crippen LogP contribution in [-0.4, -0.2) is 22.4 Å². The number of halogens is 3. The summed E-state index contributed by atoms with van der Waals surface area (Å²) in [6.45, 7) is 1.93. The van der Waals surface area contributed by atoms with Gasteiger partial charge in [0.25, 0.3) is 5.91 Å². The van der Waals surface area contributed by atoms with Crippen LogP contribution in [0.5, 0.6) is 0 Å². The number of benzene rings is 3. The second-order valence-electron chi connectivity index (χ2n) is 7.38. The van der Waals surface area contributed by atoms with Crippen molar-refractivity contribution in [2.45, 2.75) is 6.92 Å². The number of carbonyl (C=O) groups excluding carboxylic acids is 3. The lowest BCUT2D eigenvalue weighted by Gasteiger charge is -2.13. The Balaban J connectivity index is 1.63. The number of fused-ring (bicyclic) bond motifs is 1. The van der Waals surface area contributed by atoms with Crippen LogP contribution in [0.3, 0.4) is 0 Å². The molecule has 1 aromatic heterocycles. The molecule has 4 rings (SSSR count). The van der Waals surface area contributed by atoms with E-state index in [0.29, 0.717) is 21.6 Å². The van der Waals surface area contributed by atoms with E-state index in [9.17, 15) is 14.4 Å². The lowest BCUT2D eigenvalue weighted by molar-refractivity contribution is -0.133. The number of rotatable bonds is 4. The minimum Gasteiger partial charge on any atom is -0.321 e. The van der Waals surface area contributed by atoms with Gasteiger partial charge in [0.05, 0.1) is 21.2 Å². The van der Waals surface area contributed by atoms with Gasteiger partial charge < -0.3 is 10.6 Å². The Kier molecular flexibility index (Phi) is 6.79. The molecule has 3 N–H and O–H groups in total. The lowest BCUT2D eigenvalue weighted by atomic mass is 10.2. The van der Waals surface area contributed by atoms with E-state index in [2.05, 4.69) is 16.1 Å². The highest BCUT2D eigenvalue weighted by Gasteiger charge is 2.22. The fourth-order valence-electron chi connectivity index (χ4n) is 3.24. The molecule has 0 bridgehead atoms. The van der Waals surface area contributed by atoms with Gasteiger partial charge in [-0.2, -0.15) is 0 Å². The highest BCUT2D eigenvalue weighted by molar-refractivity contribution is 6.46. The van der Waals surface area contributed by atoms with Gasteiger partial charge in [0, 0.05) is 16.1 Å². The third kappa shape index (κ3) is 5.02. The van der Waals surface area contributed by atoms with E-state index in [-0.39, 0.29) is 21.4 Å². The summed E-state index contributed by atoms with van der Waals surface area (Å²) in [5.41, 5.74) is 4.83. The summed E-state index contributed by atoms with van der Waals surface area (Å²) in [5, 5.41) is 6.57. The zero-order chi connectivity index (χ0) is 24.4. The summed E-state index contributed by atoms with van der Waals surface area (Å²) in [6.07, 6.45) is 0. The smallest absolute Gasteiger partial charge is 0.321 e. The topological polar surface area (TPSA) is 92.2 Å². The van der Waals surface area contributed by atoms with E-state index in [1.54, 1.807) is 48.5 Å². The summed E-state index contributed by atoms with van der Waals surface area (Å²) in [5.74, 6) is -2.51. The van der Waals surface area contributed by atoms with Crippen LogP contribution in [0.15, 0.2) is 66.7 Å². The van der Waals surface area contributed by atoms with Crippen molar-refractivity contribution in [2.75, 3.05) is 16.1 Å². The van der Waals surface area contributed by atoms with Gasteiger partial charge in [-0.3, -0.25) is 19.8 Å². The van der Waals surface area contributed by atoms with Gasteiger partial charge in [-0.15, -0.1) is 0 Å². The average Bonchev–Trinajstić information content (AvgIpc) is 3.15. The fraction of sp³-hybridized carbons (Fsp3) is 0.0417. The standard InChI is InChI=1S/C24H17Cl3N4O3/c1-13-5-8-16(9-6-13)28-22(32)20-12-14-11-15(25)7-10-19(14)31(20)30-24(34)23(33)29-18-4-2-3-17(26)21(18)27/h2-12H,1H3,(H,28,32)(H,29,33)(H,30,34). The van der Waals surface area contributed by atoms with Crippen LogP contribution in [0.25, 0.3) is 10.9 Å². The van der Waals surface area contributed by atoms with Crippen LogP contribution >= 0.6 is 34.8 Å². The van der Waals surface area contributed by atoms with Gasteiger partial charge >= 0.3 is 11.8 Å². The molecule has 0 aliphatic heterocycles. The first-order valence-electron chi connectivity index (χ1n) is 9.98. The number of amides is 3. The molecule has 0 atom stereocenters. The monoisotopic (exact) mass is 514 g/mol. The molecule has 10 heteroatoms. The Morgan fingerprint density at radius 2 is 1.56 bits per heavy atom. The highest BCUT2D eigenvalue weighted by Crippen LogP contribution is 2.29. The molecule has 0 saturated carbocycles. The predicted molar refractivity (Wildman–Crippen MR) is 136 cm³/mol. The highest BCUT2D eigenvalue weighted by atomic mass is 35.5. The van der Waals surface area contributed by atoms with Gasteiger partial charge in [0.15, 0.2) is 0 Å². The third-order valence-corrected chi connectivity index (χ3v) is 5.98. The molecule has 172 valence electrons. The summed E-state index contributed by atoms with van der Waals surface area (Å²) < 4.78 is 1.23. The molecular formula is C24H17Cl3N4O3. The number of hydrogen-bond donors (Lipinski definition) is 3. The third-order valence-electron chi connectivity index (χ3n) is 4.93. The summed E-state index contributed by atoms with van der Waals surface area (Å²) in [6, 6.07) is 18.3. The molecule has 3 amide bonds. The van der Waals surface area contributed by atoms with Crippen LogP contribution in [-0.2, 0) is 9.59 Å². The molecule has 0 radical (unpaired) electrons. The van der Waals surface area contributed by atoms with E-state index < -0.39 is 17.7 Å². The molecule has 4 aromatic rings. The van der Waals surface area contributed by atoms with E-state index in [1.165, 1.54) is 10.7 Å². The number of aromatic nitrogens is 1. The van der Waals surface area contributed by atoms with Gasteiger partial charge in [0.1, 0.15) is 5.69 Å². The molecule has 0 aliphatic rings. The molecule has 0 spiro atoms. The van der Waals surface area contributed by atoms with E-state index in [0.717, 1.165) is 5.56 Å². The van der Waals surface area contributed by atoms with Crippen molar-refractivity contribution < 1.29 is 14.4 Å². The SMILES string of the molecule is Cc1ccc(NC(=O)c2cc3cc(Cl)ccc3n2NC(=O)C(=O)Nc2cccc(Cl)c2Cl)cc1. The van der Waals surface area contributed by atoms with Crippen LogP contribution in [0.2, 0.25) is 15.1 Å². The molecule has 0 unspecified atom stereocenters. The van der Waals surface area contributed by atoms with Gasteiger partial charge in [-0.05, 0) is 55.5 Å². The number of nitrogens with zero attached hydrogens (tertiary/aromatic N) is 1. The fourth-order valence-corrected chi connectivity index (χ4v) is 3.77. The quantitative estimate of drug-likeness (QED) is 0.297. The maximum atomic E-state index is 13.1. The Morgan fingerprint density at radius 3 is 2.29 bits per heavy atom. The van der Waals surface area contributed by atoms with E-state index in [1.807, 2.05) is 19.1 Å². The Labute approximate surface area is 209 Å². The first-order valence-corrected chi connectivity index (χ1v) is 11.1. The number of aryl methyl sites for hydroxylation is 1. The molecular weight excluding hydrogens is 499 g/mol. The molecule has 1 heterocycles. The second-order valence-corrected chi connectivity index (χ2v) is 8.61. The molecule has 0 fully saturated rings. The Hall–Kier alpha value is -3.52. The zero-order valence-electron chi connectivity index (χ0n) is 17.7. The Morgan fingerprint density at radius 1 is 0.824 bits per heavy atom. The van der Waals surface area contributed by atoms with Crippen molar-refractivity contribution in [3.05, 3.63) is 93.1 Å². The van der Waals surface area contributed by atoms with Crippen LogP contribution in [0, 0.1) is 6.92 Å². The Bertz CT molecular complexity index is 1430. The number of anilines is 2. The number of carbonyl (C=O) groups is 3. The lowest BCUT2D eigenvalue weighted by Crippen LogP contribution is -2.36. The molecule has 7 nitrogen and oxygen atoms in total. The predicted octanol–water partition coefficient (Wildman–Crippen LogP) is 5.87. The van der Waals surface area contributed by atoms with E-state index in [4.69, 9.17) is 34.8 Å². The zero-order valence-corrected chi connectivity index (χ0v) is 19.9. The van der Waals surface area contributed by atoms with Crippen molar-refractivity contribution in [2.24, 2.45) is 0 Å². The van der Waals surface area contributed by atoms with E-state index >= 15 is 0 Å². The molecule has 0 saturated heterocycles. The first kappa shape index (κ1) is 23.6. The minimum atomic E-state index is -1.02. The van der Waals surface area contributed by atoms with Crippen molar-refractivity contribution in [3.8, 4) is 0 Å². The van der Waals surface area contributed by atoms with Crippen molar-refractivity contribution in [3.63, 3.8) is 0 Å². The normalized spacial score (nSPS) is 10.7.